The number of benzene rings is 1. The summed E-state index contributed by atoms with van der Waals surface area (Å²) in [6.45, 7) is 0. The Morgan fingerprint density at radius 2 is 1.76 bits per heavy atom. The minimum Gasteiger partial charge on any atom is -0.406 e. The molecule has 2 aromatic rings. The van der Waals surface area contributed by atoms with Gasteiger partial charge in [-0.2, -0.15) is 0 Å². The molecule has 0 atom stereocenters. The molecule has 2 rings (SSSR count). The minimum absolute atomic E-state index is 0.0197. The fraction of sp³-hybridized carbons (Fsp3) is 0.0833. The third-order valence-electron chi connectivity index (χ3n) is 2.22. The smallest absolute Gasteiger partial charge is 0.406 e. The van der Waals surface area contributed by atoms with Crippen LogP contribution in [0.5, 0.6) is 5.75 Å². The first kappa shape index (κ1) is 16.0. The van der Waals surface area contributed by atoms with E-state index in [1.165, 1.54) is 24.3 Å². The standard InChI is InChI=1S/C12H6Cl3F3N2O/c13-8-5-9(14)11(20-10(8)15)19-6-2-1-3-7(4-6)21-12(16,17)18/h1-5H,(H,19,20). The average Bonchev–Trinajstić information content (AvgIpc) is 2.34. The van der Waals surface area contributed by atoms with Crippen molar-refractivity contribution in [1.82, 2.24) is 4.98 Å². The van der Waals surface area contributed by atoms with Crippen LogP contribution in [0.4, 0.5) is 24.7 Å². The van der Waals surface area contributed by atoms with Crippen LogP contribution in [0.2, 0.25) is 15.2 Å². The summed E-state index contributed by atoms with van der Waals surface area (Å²) >= 11 is 17.4. The maximum Gasteiger partial charge on any atom is 0.573 e. The van der Waals surface area contributed by atoms with Gasteiger partial charge in [0.2, 0.25) is 0 Å². The van der Waals surface area contributed by atoms with Gasteiger partial charge in [0.25, 0.3) is 0 Å². The lowest BCUT2D eigenvalue weighted by atomic mass is 10.3. The molecule has 0 amide bonds. The van der Waals surface area contributed by atoms with Crippen molar-refractivity contribution in [2.45, 2.75) is 6.36 Å². The lowest BCUT2D eigenvalue weighted by Crippen LogP contribution is -2.17. The van der Waals surface area contributed by atoms with Gasteiger partial charge >= 0.3 is 6.36 Å². The van der Waals surface area contributed by atoms with Crippen LogP contribution in [0.3, 0.4) is 0 Å². The lowest BCUT2D eigenvalue weighted by molar-refractivity contribution is -0.274. The third kappa shape index (κ3) is 4.56. The summed E-state index contributed by atoms with van der Waals surface area (Å²) < 4.78 is 40.3. The highest BCUT2D eigenvalue weighted by Crippen LogP contribution is 2.32. The molecule has 0 saturated heterocycles. The van der Waals surface area contributed by atoms with Gasteiger partial charge in [0, 0.05) is 11.8 Å². The molecular formula is C12H6Cl3F3N2O. The van der Waals surface area contributed by atoms with E-state index in [-0.39, 0.29) is 26.8 Å². The number of nitrogens with one attached hydrogen (secondary N) is 1. The van der Waals surface area contributed by atoms with Crippen LogP contribution in [0.25, 0.3) is 0 Å². The molecule has 21 heavy (non-hydrogen) atoms. The number of alkyl halides is 3. The zero-order chi connectivity index (χ0) is 15.6. The van der Waals surface area contributed by atoms with E-state index in [0.717, 1.165) is 6.07 Å². The second kappa shape index (κ2) is 6.17. The Kier molecular flexibility index (Phi) is 4.70. The largest absolute Gasteiger partial charge is 0.573 e. The average molecular weight is 358 g/mol. The molecule has 0 unspecified atom stereocenters. The van der Waals surface area contributed by atoms with E-state index in [4.69, 9.17) is 34.8 Å². The van der Waals surface area contributed by atoms with E-state index in [0.29, 0.717) is 5.69 Å². The van der Waals surface area contributed by atoms with Crippen LogP contribution in [-0.4, -0.2) is 11.3 Å². The van der Waals surface area contributed by atoms with Gasteiger partial charge in [-0.05, 0) is 18.2 Å². The number of hydrogen-bond donors (Lipinski definition) is 1. The maximum absolute atomic E-state index is 12.2. The van der Waals surface area contributed by atoms with E-state index in [1.54, 1.807) is 0 Å². The van der Waals surface area contributed by atoms with Crippen molar-refractivity contribution in [2.24, 2.45) is 0 Å². The number of anilines is 2. The fourth-order valence-electron chi connectivity index (χ4n) is 1.44. The van der Waals surface area contributed by atoms with Crippen LogP contribution in [0.1, 0.15) is 0 Å². The van der Waals surface area contributed by atoms with Gasteiger partial charge in [0.1, 0.15) is 10.9 Å². The Bertz CT molecular complexity index is 665. The summed E-state index contributed by atoms with van der Waals surface area (Å²) in [5, 5.41) is 3.09. The van der Waals surface area contributed by atoms with Gasteiger partial charge in [-0.3, -0.25) is 0 Å². The van der Waals surface area contributed by atoms with Gasteiger partial charge in [0.15, 0.2) is 5.82 Å². The van der Waals surface area contributed by atoms with Crippen LogP contribution < -0.4 is 10.1 Å². The molecule has 1 aromatic heterocycles. The number of pyridine rings is 1. The molecule has 0 radical (unpaired) electrons. The number of nitrogens with zero attached hydrogens (tertiary/aromatic N) is 1. The lowest BCUT2D eigenvalue weighted by Gasteiger charge is -2.12. The number of halogens is 6. The van der Waals surface area contributed by atoms with Gasteiger partial charge in [-0.1, -0.05) is 40.9 Å². The van der Waals surface area contributed by atoms with Crippen LogP contribution >= 0.6 is 34.8 Å². The monoisotopic (exact) mass is 356 g/mol. The molecule has 0 spiro atoms. The zero-order valence-electron chi connectivity index (χ0n) is 10.0. The first-order valence-electron chi connectivity index (χ1n) is 5.39. The molecule has 1 heterocycles. The van der Waals surface area contributed by atoms with Gasteiger partial charge in [0.05, 0.1) is 10.0 Å². The molecule has 3 nitrogen and oxygen atoms in total. The summed E-state index contributed by atoms with van der Waals surface area (Å²) in [5.74, 6) is -0.209. The van der Waals surface area contributed by atoms with E-state index in [2.05, 4.69) is 15.0 Å². The Labute approximate surface area is 132 Å². The Balaban J connectivity index is 2.24. The molecule has 0 bridgehead atoms. The van der Waals surface area contributed by atoms with Crippen LogP contribution in [0, 0.1) is 0 Å². The molecule has 1 aromatic carbocycles. The fourth-order valence-corrected chi connectivity index (χ4v) is 1.98. The van der Waals surface area contributed by atoms with Gasteiger partial charge < -0.3 is 10.1 Å². The Morgan fingerprint density at radius 1 is 1.05 bits per heavy atom. The van der Waals surface area contributed by atoms with Crippen molar-refractivity contribution in [3.8, 4) is 5.75 Å². The first-order chi connectivity index (χ1) is 9.74. The Morgan fingerprint density at radius 3 is 2.43 bits per heavy atom. The van der Waals surface area contributed by atoms with Crippen LogP contribution in [0.15, 0.2) is 30.3 Å². The molecule has 1 N–H and O–H groups in total. The predicted molar refractivity (Wildman–Crippen MR) is 75.7 cm³/mol. The van der Waals surface area contributed by atoms with Crippen molar-refractivity contribution in [3.63, 3.8) is 0 Å². The molecule has 0 aliphatic carbocycles. The third-order valence-corrected chi connectivity index (χ3v) is 3.18. The van der Waals surface area contributed by atoms with Gasteiger partial charge in [-0.15, -0.1) is 13.2 Å². The number of hydrogen-bond acceptors (Lipinski definition) is 3. The molecular weight excluding hydrogens is 351 g/mol. The molecule has 0 aliphatic rings. The van der Waals surface area contributed by atoms with E-state index in [9.17, 15) is 13.2 Å². The summed E-state index contributed by atoms with van der Waals surface area (Å²) in [6, 6.07) is 6.59. The molecule has 0 fully saturated rings. The zero-order valence-corrected chi connectivity index (χ0v) is 12.3. The second-order valence-corrected chi connectivity index (χ2v) is 4.96. The number of rotatable bonds is 3. The number of aromatic nitrogens is 1. The quantitative estimate of drug-likeness (QED) is 0.717. The van der Waals surface area contributed by atoms with Crippen molar-refractivity contribution in [1.29, 1.82) is 0 Å². The summed E-state index contributed by atoms with van der Waals surface area (Å²) in [5.41, 5.74) is 0.296. The number of ether oxygens (including phenoxy) is 1. The van der Waals surface area contributed by atoms with Crippen molar-refractivity contribution in [3.05, 3.63) is 45.5 Å². The Hall–Kier alpha value is -1.37. The van der Waals surface area contributed by atoms with E-state index >= 15 is 0 Å². The van der Waals surface area contributed by atoms with Crippen LogP contribution in [-0.2, 0) is 0 Å². The molecule has 112 valence electrons. The van der Waals surface area contributed by atoms with E-state index in [1.807, 2.05) is 0 Å². The normalized spacial score (nSPS) is 11.3. The first-order valence-corrected chi connectivity index (χ1v) is 6.52. The van der Waals surface area contributed by atoms with E-state index < -0.39 is 6.36 Å². The minimum atomic E-state index is -4.77. The van der Waals surface area contributed by atoms with Crippen molar-refractivity contribution in [2.75, 3.05) is 5.32 Å². The van der Waals surface area contributed by atoms with Crippen molar-refractivity contribution >= 4 is 46.3 Å². The summed E-state index contributed by atoms with van der Waals surface area (Å²) in [4.78, 5) is 3.90. The highest BCUT2D eigenvalue weighted by molar-refractivity contribution is 6.43. The topological polar surface area (TPSA) is 34.1 Å². The maximum atomic E-state index is 12.2. The predicted octanol–water partition coefficient (Wildman–Crippen LogP) is 5.68. The summed E-state index contributed by atoms with van der Waals surface area (Å²) in [6.07, 6.45) is -4.77. The molecule has 0 saturated carbocycles. The highest BCUT2D eigenvalue weighted by atomic mass is 35.5. The second-order valence-electron chi connectivity index (χ2n) is 3.79. The molecule has 9 heteroatoms. The molecule has 0 aliphatic heterocycles. The summed E-state index contributed by atoms with van der Waals surface area (Å²) in [7, 11) is 0. The van der Waals surface area contributed by atoms with Crippen molar-refractivity contribution < 1.29 is 17.9 Å². The highest BCUT2D eigenvalue weighted by Gasteiger charge is 2.31. The SMILES string of the molecule is FC(F)(F)Oc1cccc(Nc2nc(Cl)c(Cl)cc2Cl)c1. The van der Waals surface area contributed by atoms with Gasteiger partial charge in [-0.25, -0.2) is 4.98 Å².